The summed E-state index contributed by atoms with van der Waals surface area (Å²) in [6.07, 6.45) is 0. The normalized spacial score (nSPS) is 13.1. The predicted octanol–water partition coefficient (Wildman–Crippen LogP) is 34.2. The summed E-state index contributed by atoms with van der Waals surface area (Å²) in [5.41, 5.74) is 42.9. The molecule has 3 aliphatic carbocycles. The van der Waals surface area contributed by atoms with Gasteiger partial charge in [-0.1, -0.05) is 414 Å². The molecule has 26 rings (SSSR count). The predicted molar refractivity (Wildman–Crippen MR) is 565 cm³/mol. The minimum absolute atomic E-state index is 0.127. The van der Waals surface area contributed by atoms with Crippen LogP contribution in [0, 0.1) is 0 Å². The van der Waals surface area contributed by atoms with Gasteiger partial charge in [-0.15, -0.1) is 0 Å². The van der Waals surface area contributed by atoms with E-state index in [-0.39, 0.29) is 5.41 Å². The van der Waals surface area contributed by atoms with E-state index in [1.54, 1.807) is 0 Å². The van der Waals surface area contributed by atoms with Crippen molar-refractivity contribution in [3.8, 4) is 89.3 Å². The van der Waals surface area contributed by atoms with Gasteiger partial charge < -0.3 is 18.9 Å². The van der Waals surface area contributed by atoms with Crippen LogP contribution >= 0.6 is 0 Å². The summed E-state index contributed by atoms with van der Waals surface area (Å²) in [4.78, 5) is 4.87. The van der Waals surface area contributed by atoms with Crippen molar-refractivity contribution in [1.29, 1.82) is 0 Å². The van der Waals surface area contributed by atoms with E-state index in [0.717, 1.165) is 62.2 Å². The Bertz CT molecular complexity index is 8250. The highest BCUT2D eigenvalue weighted by molar-refractivity contribution is 6.11. The van der Waals surface area contributed by atoms with Gasteiger partial charge in [0.05, 0.1) is 38.6 Å². The van der Waals surface area contributed by atoms with Gasteiger partial charge in [-0.3, -0.25) is 0 Å². The third-order valence-corrected chi connectivity index (χ3v) is 29.0. The molecule has 0 N–H and O–H groups in total. The molecule has 4 heteroatoms. The number of hydrogen-bond donors (Lipinski definition) is 0. The highest BCUT2D eigenvalue weighted by Crippen LogP contribution is 2.60. The molecule has 2 aromatic heterocycles. The fourth-order valence-corrected chi connectivity index (χ4v) is 22.9. The van der Waals surface area contributed by atoms with Crippen LogP contribution in [0.3, 0.4) is 0 Å². The highest BCUT2D eigenvalue weighted by Gasteiger charge is 2.48. The minimum Gasteiger partial charge on any atom is -0.310 e. The fraction of sp³-hybridized carbons (Fsp3) is 0.0382. The molecule has 0 fully saturated rings. The summed E-state index contributed by atoms with van der Waals surface area (Å²) in [5, 5.41) is 5.07. The van der Waals surface area contributed by atoms with E-state index in [9.17, 15) is 0 Å². The maximum absolute atomic E-state index is 2.43. The van der Waals surface area contributed by atoms with Gasteiger partial charge in [0.1, 0.15) is 0 Å². The molecule has 0 bridgehead atoms. The van der Waals surface area contributed by atoms with E-state index in [0.29, 0.717) is 0 Å². The van der Waals surface area contributed by atoms with E-state index in [1.807, 2.05) is 0 Å². The molecule has 135 heavy (non-hydrogen) atoms. The lowest BCUT2D eigenvalue weighted by Gasteiger charge is -2.34. The number of hydrogen-bond acceptors (Lipinski definition) is 2. The molecular weight excluding hydrogens is 1630 g/mol. The zero-order chi connectivity index (χ0) is 89.7. The summed E-state index contributed by atoms with van der Waals surface area (Å²) in [5.74, 6) is 0. The van der Waals surface area contributed by atoms with Crippen molar-refractivity contribution >= 4 is 77.7 Å². The molecule has 0 amide bonds. The molecule has 0 unspecified atom stereocenters. The van der Waals surface area contributed by atoms with E-state index < -0.39 is 10.8 Å². The van der Waals surface area contributed by atoms with E-state index in [2.05, 4.69) is 554 Å². The molecule has 0 aliphatic heterocycles. The van der Waals surface area contributed by atoms with Gasteiger partial charge in [-0.2, -0.15) is 0 Å². The fourth-order valence-electron chi connectivity index (χ4n) is 22.9. The number of fused-ring (bicyclic) bond motifs is 15. The smallest absolute Gasteiger partial charge is 0.0713 e. The largest absolute Gasteiger partial charge is 0.310 e. The first-order valence-corrected chi connectivity index (χ1v) is 46.9. The van der Waals surface area contributed by atoms with Crippen LogP contribution in [0.2, 0.25) is 0 Å². The zero-order valence-electron chi connectivity index (χ0n) is 74.9. The van der Waals surface area contributed by atoms with Crippen LogP contribution in [-0.2, 0) is 16.2 Å². The number of rotatable bonds is 16. The van der Waals surface area contributed by atoms with Gasteiger partial charge >= 0.3 is 0 Å². The highest BCUT2D eigenvalue weighted by atomic mass is 15.2. The Kier molecular flexibility index (Phi) is 19.4. The quantitative estimate of drug-likeness (QED) is 0.0959. The molecule has 0 spiro atoms. The van der Waals surface area contributed by atoms with Crippen LogP contribution in [0.5, 0.6) is 0 Å². The van der Waals surface area contributed by atoms with Crippen molar-refractivity contribution in [3.63, 3.8) is 0 Å². The lowest BCUT2D eigenvalue weighted by atomic mass is 9.68. The molecule has 3 aliphatic rings. The number of para-hydroxylation sites is 4. The molecule has 636 valence electrons. The van der Waals surface area contributed by atoms with Crippen molar-refractivity contribution < 1.29 is 0 Å². The lowest BCUT2D eigenvalue weighted by Crippen LogP contribution is -2.28. The Labute approximate surface area is 787 Å². The van der Waals surface area contributed by atoms with Crippen LogP contribution in [-0.4, -0.2) is 9.13 Å². The molecule has 0 radical (unpaired) electrons. The third-order valence-electron chi connectivity index (χ3n) is 29.0. The first kappa shape index (κ1) is 79.9. The first-order valence-electron chi connectivity index (χ1n) is 46.9. The summed E-state index contributed by atoms with van der Waals surface area (Å²) in [6, 6.07) is 192. The SMILES string of the molecule is CC1(C)c2ccccc2-c2ccc(N(c3ccc(-c4ccc(-n5c6ccccc6c6ccccc65)cc4)cc3)c3ccc(C4(c5ccccc5)c5ccccc5-c5ccccc54)cc3)cc21.c1ccc(-c2ccc(N(c3ccc(-c4ccc(-n5c6ccccc6c6ccccc65)cc4)cc3)c3ccc(C4(c5ccccc5)c5ccccc5-c5ccccc54)cc3)c(-c3ccccc3)c2)cc1. The number of benzene rings is 21. The molecule has 0 atom stereocenters. The van der Waals surface area contributed by atoms with Crippen molar-refractivity contribution in [2.45, 2.75) is 30.1 Å². The van der Waals surface area contributed by atoms with Crippen LogP contribution in [0.4, 0.5) is 34.1 Å². The molecular formula is C131H92N4. The van der Waals surface area contributed by atoms with Crippen LogP contribution in [0.15, 0.2) is 522 Å². The lowest BCUT2D eigenvalue weighted by molar-refractivity contribution is 0.660. The summed E-state index contributed by atoms with van der Waals surface area (Å²) in [7, 11) is 0. The molecule has 2 heterocycles. The van der Waals surface area contributed by atoms with Crippen molar-refractivity contribution in [2.75, 3.05) is 9.80 Å². The van der Waals surface area contributed by atoms with Crippen molar-refractivity contribution in [3.05, 3.63) is 577 Å². The summed E-state index contributed by atoms with van der Waals surface area (Å²) in [6.45, 7) is 4.73. The zero-order valence-corrected chi connectivity index (χ0v) is 74.9. The van der Waals surface area contributed by atoms with Gasteiger partial charge in [0, 0.05) is 72.3 Å². The second kappa shape index (κ2) is 32.7. The van der Waals surface area contributed by atoms with Gasteiger partial charge in [0.2, 0.25) is 0 Å². The molecule has 0 saturated carbocycles. The van der Waals surface area contributed by atoms with Gasteiger partial charge in [0.15, 0.2) is 0 Å². The van der Waals surface area contributed by atoms with Gasteiger partial charge in [-0.05, 0) is 249 Å². The van der Waals surface area contributed by atoms with Gasteiger partial charge in [-0.25, -0.2) is 0 Å². The van der Waals surface area contributed by atoms with Crippen molar-refractivity contribution in [1.82, 2.24) is 9.13 Å². The Morgan fingerprint density at radius 1 is 0.170 bits per heavy atom. The number of aromatic nitrogens is 2. The average molecular weight is 1720 g/mol. The van der Waals surface area contributed by atoms with E-state index >= 15 is 0 Å². The van der Waals surface area contributed by atoms with Crippen molar-refractivity contribution in [2.24, 2.45) is 0 Å². The average Bonchev–Trinajstić information content (AvgIpc) is 1.54. The minimum atomic E-state index is -0.483. The number of nitrogens with zero attached hydrogens (tertiary/aromatic N) is 4. The van der Waals surface area contributed by atoms with Crippen LogP contribution in [0.1, 0.15) is 69.5 Å². The maximum atomic E-state index is 2.43. The first-order chi connectivity index (χ1) is 66.7. The van der Waals surface area contributed by atoms with Gasteiger partial charge in [0.25, 0.3) is 0 Å². The summed E-state index contributed by atoms with van der Waals surface area (Å²) >= 11 is 0. The Morgan fingerprint density at radius 3 is 0.822 bits per heavy atom. The second-order valence-corrected chi connectivity index (χ2v) is 36.5. The standard InChI is InChI=1S/C67H46N2.C64H46N2/c1-4-18-47(19-5-1)51-36-45-66(61(46-51)50-20-6-2-7-21-50)68(54-39-32-48(33-40-54)49-34-41-56(42-35-49)69-64-30-16-12-26-59(64)60-27-13-17-31-65(60)69)55-43-37-53(38-44-55)67(52-22-8-3-9-23-52)62-28-14-10-24-57(62)58-25-11-15-29-63(58)67;1-63(2)57-23-11-6-18-51(57)54-41-40-50(42-60(54)63)65(47-34-28-43(29-35-47)44-30-36-49(37-31-44)66-61-26-14-9-21-55(61)56-22-10-15-27-62(56)66)48-38-32-46(33-39-48)64(45-16-4-3-5-17-45)58-24-12-7-19-52(58)53-20-8-13-25-59(53)64/h1-46H;3-42H,1-2H3. The second-order valence-electron chi connectivity index (χ2n) is 36.5. The van der Waals surface area contributed by atoms with Crippen LogP contribution < -0.4 is 9.80 Å². The Morgan fingerprint density at radius 2 is 0.437 bits per heavy atom. The molecule has 21 aromatic carbocycles. The van der Waals surface area contributed by atoms with E-state index in [4.69, 9.17) is 0 Å². The Hall–Kier alpha value is -17.2. The molecule has 4 nitrogen and oxygen atoms in total. The summed E-state index contributed by atoms with van der Waals surface area (Å²) < 4.78 is 4.75. The van der Waals surface area contributed by atoms with E-state index in [1.165, 1.54) is 160 Å². The Balaban J connectivity index is 0.000000144. The molecule has 0 saturated heterocycles. The third kappa shape index (κ3) is 13.0. The monoisotopic (exact) mass is 1720 g/mol. The maximum Gasteiger partial charge on any atom is 0.0713 e. The topological polar surface area (TPSA) is 16.3 Å². The van der Waals surface area contributed by atoms with Crippen LogP contribution in [0.25, 0.3) is 133 Å². The molecule has 23 aromatic rings. The number of anilines is 6.